The maximum Gasteiger partial charge on any atom is 0.266 e. The Morgan fingerprint density at radius 3 is 2.51 bits per heavy atom. The van der Waals surface area contributed by atoms with Crippen LogP contribution < -0.4 is 20.1 Å². The summed E-state index contributed by atoms with van der Waals surface area (Å²) in [6.07, 6.45) is 1.38. The number of methoxy groups -OCH3 is 1. The number of benzene rings is 3. The molecule has 0 aromatic heterocycles. The first-order valence-electron chi connectivity index (χ1n) is 10.0. The van der Waals surface area contributed by atoms with E-state index in [1.165, 1.54) is 31.4 Å². The largest absolute Gasteiger partial charge is 0.493 e. The van der Waals surface area contributed by atoms with Gasteiger partial charge in [-0.15, -0.1) is 0 Å². The molecule has 0 spiro atoms. The van der Waals surface area contributed by atoms with Crippen LogP contribution in [0.1, 0.15) is 5.56 Å². The number of ether oxygens (including phenoxy) is 2. The Kier molecular flexibility index (Phi) is 8.84. The highest BCUT2D eigenvalue weighted by atomic mass is 79.9. The van der Waals surface area contributed by atoms with Crippen LogP contribution >= 0.6 is 27.5 Å². The second-order valence-corrected chi connectivity index (χ2v) is 8.27. The normalized spacial score (nSPS) is 10.8. The monoisotopic (exact) mass is 557 g/mol. The van der Waals surface area contributed by atoms with Crippen LogP contribution in [0.2, 0.25) is 5.02 Å². The molecule has 0 atom stereocenters. The molecule has 0 fully saturated rings. The molecule has 0 radical (unpaired) electrons. The van der Waals surface area contributed by atoms with Crippen LogP contribution in [0.4, 0.5) is 15.8 Å². The zero-order valence-corrected chi connectivity index (χ0v) is 20.6. The molecule has 0 aliphatic rings. The highest BCUT2D eigenvalue weighted by molar-refractivity contribution is 9.10. The van der Waals surface area contributed by atoms with Crippen LogP contribution in [0, 0.1) is 17.1 Å². The van der Waals surface area contributed by atoms with Gasteiger partial charge in [-0.1, -0.05) is 23.7 Å². The minimum Gasteiger partial charge on any atom is -0.493 e. The molecule has 0 aliphatic heterocycles. The topological polar surface area (TPSA) is 100 Å². The smallest absolute Gasteiger partial charge is 0.266 e. The minimum absolute atomic E-state index is 0.0357. The fraction of sp³-hybridized carbons (Fsp3) is 0.0800. The van der Waals surface area contributed by atoms with Crippen molar-refractivity contribution in [3.8, 4) is 17.6 Å². The van der Waals surface area contributed by atoms with E-state index in [1.54, 1.807) is 42.5 Å². The summed E-state index contributed by atoms with van der Waals surface area (Å²) in [5.74, 6) is -1.27. The lowest BCUT2D eigenvalue weighted by Gasteiger charge is -2.14. The minimum atomic E-state index is -0.602. The highest BCUT2D eigenvalue weighted by Gasteiger charge is 2.16. The van der Waals surface area contributed by atoms with E-state index in [1.807, 2.05) is 6.07 Å². The number of amides is 2. The average Bonchev–Trinajstić information content (AvgIpc) is 2.84. The molecule has 10 heteroatoms. The third-order valence-electron chi connectivity index (χ3n) is 4.53. The Bertz CT molecular complexity index is 1320. The summed E-state index contributed by atoms with van der Waals surface area (Å²) < 4.78 is 25.1. The van der Waals surface area contributed by atoms with Crippen molar-refractivity contribution < 1.29 is 23.5 Å². The number of hydrogen-bond acceptors (Lipinski definition) is 5. The first kappa shape index (κ1) is 25.7. The van der Waals surface area contributed by atoms with E-state index in [9.17, 15) is 19.2 Å². The molecular weight excluding hydrogens is 541 g/mol. The zero-order chi connectivity index (χ0) is 25.4. The van der Waals surface area contributed by atoms with Crippen molar-refractivity contribution in [2.75, 3.05) is 24.4 Å². The van der Waals surface area contributed by atoms with Crippen LogP contribution in [0.15, 0.2) is 70.7 Å². The van der Waals surface area contributed by atoms with Crippen molar-refractivity contribution in [2.24, 2.45) is 0 Å². The molecule has 0 aliphatic carbocycles. The van der Waals surface area contributed by atoms with Crippen LogP contribution in [-0.4, -0.2) is 25.5 Å². The number of nitriles is 1. The Morgan fingerprint density at radius 1 is 1.14 bits per heavy atom. The Morgan fingerprint density at radius 2 is 1.86 bits per heavy atom. The third kappa shape index (κ3) is 7.06. The molecule has 3 rings (SSSR count). The summed E-state index contributed by atoms with van der Waals surface area (Å²) in [5, 5.41) is 15.0. The summed E-state index contributed by atoms with van der Waals surface area (Å²) in [5.41, 5.74) is 0.844. The molecule has 2 amide bonds. The van der Waals surface area contributed by atoms with Crippen molar-refractivity contribution in [2.45, 2.75) is 0 Å². The number of halogens is 3. The summed E-state index contributed by atoms with van der Waals surface area (Å²) >= 11 is 9.20. The second kappa shape index (κ2) is 12.0. The fourth-order valence-corrected chi connectivity index (χ4v) is 3.60. The van der Waals surface area contributed by atoms with Gasteiger partial charge in [-0.3, -0.25) is 9.59 Å². The van der Waals surface area contributed by atoms with Crippen LogP contribution in [0.3, 0.4) is 0 Å². The molecule has 3 aromatic carbocycles. The van der Waals surface area contributed by atoms with Gasteiger partial charge in [-0.2, -0.15) is 5.26 Å². The van der Waals surface area contributed by atoms with Crippen LogP contribution in [-0.2, 0) is 9.59 Å². The van der Waals surface area contributed by atoms with Crippen molar-refractivity contribution in [3.05, 3.63) is 87.1 Å². The molecule has 0 heterocycles. The van der Waals surface area contributed by atoms with Gasteiger partial charge in [0.15, 0.2) is 18.1 Å². The molecular formula is C25H18BrClFN3O4. The van der Waals surface area contributed by atoms with E-state index in [0.717, 1.165) is 0 Å². The Hall–Kier alpha value is -3.87. The van der Waals surface area contributed by atoms with Gasteiger partial charge in [0.1, 0.15) is 17.5 Å². The summed E-state index contributed by atoms with van der Waals surface area (Å²) in [6, 6.07) is 17.2. The lowest BCUT2D eigenvalue weighted by Crippen LogP contribution is -2.21. The van der Waals surface area contributed by atoms with Gasteiger partial charge in [0.2, 0.25) is 0 Å². The van der Waals surface area contributed by atoms with Gasteiger partial charge in [0, 0.05) is 10.7 Å². The first-order valence-corrected chi connectivity index (χ1v) is 11.2. The van der Waals surface area contributed by atoms with E-state index in [2.05, 4.69) is 26.6 Å². The number of carbonyl (C=O) groups is 2. The number of carbonyl (C=O) groups excluding carboxylic acids is 2. The first-order chi connectivity index (χ1) is 16.8. The number of anilines is 2. The van der Waals surface area contributed by atoms with Gasteiger partial charge in [-0.05, 0) is 76.1 Å². The van der Waals surface area contributed by atoms with Gasteiger partial charge >= 0.3 is 0 Å². The quantitative estimate of drug-likeness (QED) is 0.268. The number of nitrogens with one attached hydrogen (secondary N) is 2. The SMILES string of the molecule is COc1cc(/C=C(/C#N)C(=O)Nc2ccc(Cl)cc2)cc(Br)c1OCC(=O)Nc1ccccc1F. The standard InChI is InChI=1S/C25H18BrClFN3O4/c1-34-22-12-15(10-16(13-29)25(33)30-18-8-6-17(27)7-9-18)11-19(26)24(22)35-14-23(32)31-21-5-3-2-4-20(21)28/h2-12H,14H2,1H3,(H,30,33)(H,31,32)/b16-10-. The van der Waals surface area contributed by atoms with Crippen molar-refractivity contribution in [1.29, 1.82) is 5.26 Å². The zero-order valence-electron chi connectivity index (χ0n) is 18.3. The molecule has 7 nitrogen and oxygen atoms in total. The third-order valence-corrected chi connectivity index (χ3v) is 5.37. The molecule has 0 saturated heterocycles. The molecule has 0 unspecified atom stereocenters. The fourth-order valence-electron chi connectivity index (χ4n) is 2.90. The summed E-state index contributed by atoms with van der Waals surface area (Å²) in [6.45, 7) is -0.411. The van der Waals surface area contributed by atoms with Crippen molar-refractivity contribution >= 4 is 56.8 Å². The number of rotatable bonds is 8. The molecule has 35 heavy (non-hydrogen) atoms. The number of hydrogen-bond donors (Lipinski definition) is 2. The second-order valence-electron chi connectivity index (χ2n) is 6.98. The van der Waals surface area contributed by atoms with E-state index >= 15 is 0 Å². The molecule has 2 N–H and O–H groups in total. The Balaban J connectivity index is 1.74. The van der Waals surface area contributed by atoms with E-state index in [0.29, 0.717) is 20.7 Å². The van der Waals surface area contributed by atoms with Crippen LogP contribution in [0.25, 0.3) is 6.08 Å². The predicted octanol–water partition coefficient (Wildman–Crippen LogP) is 5.81. The lowest BCUT2D eigenvalue weighted by molar-refractivity contribution is -0.118. The summed E-state index contributed by atoms with van der Waals surface area (Å²) in [4.78, 5) is 24.7. The lowest BCUT2D eigenvalue weighted by atomic mass is 10.1. The molecule has 178 valence electrons. The van der Waals surface area contributed by atoms with E-state index in [-0.39, 0.29) is 22.8 Å². The number of para-hydroxylation sites is 1. The number of nitrogens with zero attached hydrogens (tertiary/aromatic N) is 1. The van der Waals surface area contributed by atoms with Gasteiger partial charge in [0.25, 0.3) is 11.8 Å². The predicted molar refractivity (Wildman–Crippen MR) is 135 cm³/mol. The molecule has 0 bridgehead atoms. The Labute approximate surface area is 214 Å². The van der Waals surface area contributed by atoms with Crippen LogP contribution in [0.5, 0.6) is 11.5 Å². The molecule has 0 saturated carbocycles. The maximum absolute atomic E-state index is 13.7. The summed E-state index contributed by atoms with van der Waals surface area (Å²) in [7, 11) is 1.40. The van der Waals surface area contributed by atoms with Gasteiger partial charge < -0.3 is 20.1 Å². The molecule has 3 aromatic rings. The van der Waals surface area contributed by atoms with Gasteiger partial charge in [-0.25, -0.2) is 4.39 Å². The van der Waals surface area contributed by atoms with Crippen molar-refractivity contribution in [3.63, 3.8) is 0 Å². The van der Waals surface area contributed by atoms with Crippen molar-refractivity contribution in [1.82, 2.24) is 0 Å². The maximum atomic E-state index is 13.7. The average molecular weight is 559 g/mol. The van der Waals surface area contributed by atoms with Gasteiger partial charge in [0.05, 0.1) is 17.3 Å². The van der Waals surface area contributed by atoms with E-state index in [4.69, 9.17) is 21.1 Å². The highest BCUT2D eigenvalue weighted by Crippen LogP contribution is 2.37. The van der Waals surface area contributed by atoms with E-state index < -0.39 is 24.2 Å².